The van der Waals surface area contributed by atoms with Gasteiger partial charge in [0.25, 0.3) is 0 Å². The second-order valence-corrected chi connectivity index (χ2v) is 4.64. The maximum absolute atomic E-state index is 12.4. The lowest BCUT2D eigenvalue weighted by atomic mass is 9.93. The minimum Gasteiger partial charge on any atom is -0.481 e. The number of ketones is 1. The van der Waals surface area contributed by atoms with Crippen LogP contribution >= 0.6 is 0 Å². The molecule has 0 unspecified atom stereocenters. The van der Waals surface area contributed by atoms with E-state index in [1.54, 1.807) is 6.07 Å². The van der Waals surface area contributed by atoms with Crippen LogP contribution in [0.4, 0.5) is 0 Å². The van der Waals surface area contributed by atoms with Gasteiger partial charge in [0.05, 0.1) is 24.2 Å². The average Bonchev–Trinajstić information content (AvgIpc) is 3.10. The minimum atomic E-state index is -1.12. The number of hydrogen-bond acceptors (Lipinski definition) is 5. The van der Waals surface area contributed by atoms with Crippen LogP contribution in [0.5, 0.6) is 0 Å². The molecule has 0 spiro atoms. The number of Topliss-reactive ketones (excluding diaryl/α,β-unsaturated/α-hetero) is 1. The first-order chi connectivity index (χ1) is 9.59. The molecule has 0 radical (unpaired) electrons. The number of aliphatic carboxylic acids is 1. The number of furan rings is 1. The fraction of sp³-hybridized carbons (Fsp3) is 0.308. The zero-order chi connectivity index (χ0) is 14.3. The van der Waals surface area contributed by atoms with Crippen molar-refractivity contribution in [3.05, 3.63) is 35.6 Å². The Bertz CT molecular complexity index is 617. The van der Waals surface area contributed by atoms with Crippen LogP contribution in [0.25, 0.3) is 0 Å². The highest BCUT2D eigenvalue weighted by Gasteiger charge is 2.46. The van der Waals surface area contributed by atoms with Crippen molar-refractivity contribution in [1.82, 2.24) is 10.2 Å². The molecule has 2 aliphatic heterocycles. The number of carboxylic acid groups (broad SMARTS) is 1. The van der Waals surface area contributed by atoms with Crippen molar-refractivity contribution >= 4 is 17.7 Å². The molecular formula is C13H12N2O5. The molecule has 2 aliphatic rings. The molecule has 3 rings (SSSR count). The van der Waals surface area contributed by atoms with Gasteiger partial charge >= 0.3 is 5.97 Å². The lowest BCUT2D eigenvalue weighted by molar-refractivity contribution is -0.141. The number of carbonyl (C=O) groups is 3. The molecule has 0 saturated carbocycles. The lowest BCUT2D eigenvalue weighted by Crippen LogP contribution is -2.29. The number of carboxylic acids is 1. The van der Waals surface area contributed by atoms with Crippen molar-refractivity contribution in [1.29, 1.82) is 0 Å². The van der Waals surface area contributed by atoms with E-state index in [0.29, 0.717) is 18.9 Å². The van der Waals surface area contributed by atoms with Gasteiger partial charge in [-0.1, -0.05) is 0 Å². The van der Waals surface area contributed by atoms with Crippen molar-refractivity contribution in [2.24, 2.45) is 5.92 Å². The summed E-state index contributed by atoms with van der Waals surface area (Å²) in [5.74, 6) is -2.33. The maximum atomic E-state index is 12.4. The van der Waals surface area contributed by atoms with Crippen molar-refractivity contribution in [3.63, 3.8) is 0 Å². The molecule has 1 amide bonds. The van der Waals surface area contributed by atoms with Crippen LogP contribution < -0.4 is 5.32 Å². The van der Waals surface area contributed by atoms with Crippen molar-refractivity contribution in [2.75, 3.05) is 13.1 Å². The van der Waals surface area contributed by atoms with Crippen LogP contribution in [0, 0.1) is 5.92 Å². The third-order valence-corrected chi connectivity index (χ3v) is 3.43. The Morgan fingerprint density at radius 3 is 2.95 bits per heavy atom. The summed E-state index contributed by atoms with van der Waals surface area (Å²) in [6.45, 7) is 0.995. The second kappa shape index (κ2) is 4.52. The lowest BCUT2D eigenvalue weighted by Gasteiger charge is -2.11. The van der Waals surface area contributed by atoms with E-state index in [0.717, 1.165) is 0 Å². The first kappa shape index (κ1) is 12.5. The molecule has 2 N–H and O–H groups in total. The number of fused-ring (bicyclic) bond motifs is 1. The molecule has 1 saturated heterocycles. The molecule has 0 bridgehead atoms. The number of nitrogens with zero attached hydrogens (tertiary/aromatic N) is 1. The standard InChI is InChI=1S/C13H12N2O5/c16-9(17)6-7-10(11(18)8-2-1-5-20-8)12-14-3-4-15(12)13(7)19/h1-2,5,7,14H,3-4,6H2,(H,16,17)/t7-/m0/s1. The second-order valence-electron chi connectivity index (χ2n) is 4.64. The number of rotatable bonds is 4. The molecule has 20 heavy (non-hydrogen) atoms. The van der Waals surface area contributed by atoms with E-state index in [9.17, 15) is 14.4 Å². The predicted molar refractivity (Wildman–Crippen MR) is 65.5 cm³/mol. The third-order valence-electron chi connectivity index (χ3n) is 3.43. The third kappa shape index (κ3) is 1.78. The van der Waals surface area contributed by atoms with Gasteiger partial charge in [-0.2, -0.15) is 0 Å². The van der Waals surface area contributed by atoms with Gasteiger partial charge in [0.1, 0.15) is 5.82 Å². The fourth-order valence-electron chi connectivity index (χ4n) is 2.60. The van der Waals surface area contributed by atoms with Crippen LogP contribution in [0.15, 0.2) is 34.2 Å². The molecule has 1 atom stereocenters. The largest absolute Gasteiger partial charge is 0.481 e. The monoisotopic (exact) mass is 276 g/mol. The Hall–Kier alpha value is -2.57. The van der Waals surface area contributed by atoms with Gasteiger partial charge in [0, 0.05) is 13.1 Å². The first-order valence-electron chi connectivity index (χ1n) is 6.19. The van der Waals surface area contributed by atoms with E-state index in [4.69, 9.17) is 9.52 Å². The highest BCUT2D eigenvalue weighted by molar-refractivity contribution is 6.13. The van der Waals surface area contributed by atoms with Gasteiger partial charge in [-0.15, -0.1) is 0 Å². The molecule has 7 heteroatoms. The Labute approximate surface area is 113 Å². The Balaban J connectivity index is 2.03. The van der Waals surface area contributed by atoms with E-state index in [1.807, 2.05) is 0 Å². The van der Waals surface area contributed by atoms with Crippen LogP contribution in [-0.2, 0) is 9.59 Å². The van der Waals surface area contributed by atoms with Crippen LogP contribution in [0.1, 0.15) is 17.0 Å². The highest BCUT2D eigenvalue weighted by atomic mass is 16.4. The number of amides is 1. The molecule has 1 fully saturated rings. The van der Waals surface area contributed by atoms with Crippen molar-refractivity contribution < 1.29 is 23.9 Å². The average molecular weight is 276 g/mol. The molecule has 0 aromatic carbocycles. The van der Waals surface area contributed by atoms with Gasteiger partial charge in [-0.25, -0.2) is 0 Å². The zero-order valence-corrected chi connectivity index (χ0v) is 10.5. The minimum absolute atomic E-state index is 0.103. The summed E-state index contributed by atoms with van der Waals surface area (Å²) >= 11 is 0. The van der Waals surface area contributed by atoms with Gasteiger partial charge < -0.3 is 14.8 Å². The van der Waals surface area contributed by atoms with E-state index >= 15 is 0 Å². The van der Waals surface area contributed by atoms with E-state index in [2.05, 4.69) is 5.32 Å². The van der Waals surface area contributed by atoms with Gasteiger partial charge in [0.15, 0.2) is 5.76 Å². The summed E-state index contributed by atoms with van der Waals surface area (Å²) in [4.78, 5) is 37.0. The van der Waals surface area contributed by atoms with Gasteiger partial charge in [0.2, 0.25) is 11.7 Å². The topological polar surface area (TPSA) is 99.9 Å². The Morgan fingerprint density at radius 2 is 2.30 bits per heavy atom. The zero-order valence-electron chi connectivity index (χ0n) is 10.5. The molecule has 7 nitrogen and oxygen atoms in total. The molecule has 1 aromatic heterocycles. The first-order valence-corrected chi connectivity index (χ1v) is 6.19. The molecule has 0 aliphatic carbocycles. The SMILES string of the molecule is O=C(O)C[C@@H]1C(=O)N2CCNC2=C1C(=O)c1ccco1. The van der Waals surface area contributed by atoms with Crippen LogP contribution in [0.3, 0.4) is 0 Å². The van der Waals surface area contributed by atoms with Gasteiger partial charge in [-0.3, -0.25) is 19.3 Å². The summed E-state index contributed by atoms with van der Waals surface area (Å²) in [7, 11) is 0. The number of carbonyl (C=O) groups excluding carboxylic acids is 2. The summed E-state index contributed by atoms with van der Waals surface area (Å²) in [5, 5.41) is 11.9. The van der Waals surface area contributed by atoms with Gasteiger partial charge in [-0.05, 0) is 12.1 Å². The summed E-state index contributed by atoms with van der Waals surface area (Å²) < 4.78 is 5.06. The maximum Gasteiger partial charge on any atom is 0.304 e. The smallest absolute Gasteiger partial charge is 0.304 e. The quantitative estimate of drug-likeness (QED) is 0.763. The molecule has 104 valence electrons. The highest BCUT2D eigenvalue weighted by Crippen LogP contribution is 2.34. The Morgan fingerprint density at radius 1 is 1.50 bits per heavy atom. The number of nitrogens with one attached hydrogen (secondary N) is 1. The summed E-state index contributed by atoms with van der Waals surface area (Å²) in [6, 6.07) is 3.07. The number of hydrogen-bond donors (Lipinski definition) is 2. The van der Waals surface area contributed by atoms with Crippen molar-refractivity contribution in [3.8, 4) is 0 Å². The fourth-order valence-corrected chi connectivity index (χ4v) is 2.60. The van der Waals surface area contributed by atoms with Crippen LogP contribution in [-0.4, -0.2) is 40.8 Å². The van der Waals surface area contributed by atoms with E-state index in [1.165, 1.54) is 17.2 Å². The van der Waals surface area contributed by atoms with E-state index < -0.39 is 24.1 Å². The predicted octanol–water partition coefficient (Wildman–Crippen LogP) is 0.210. The molecular weight excluding hydrogens is 264 g/mol. The summed E-state index contributed by atoms with van der Waals surface area (Å²) in [5.41, 5.74) is 0.185. The molecule has 1 aromatic rings. The Kier molecular flexibility index (Phi) is 2.81. The van der Waals surface area contributed by atoms with Crippen LogP contribution in [0.2, 0.25) is 0 Å². The van der Waals surface area contributed by atoms with Crippen molar-refractivity contribution in [2.45, 2.75) is 6.42 Å². The normalized spacial score (nSPS) is 21.1. The summed E-state index contributed by atoms with van der Waals surface area (Å²) in [6.07, 6.45) is 0.962. The molecule has 3 heterocycles. The van der Waals surface area contributed by atoms with E-state index in [-0.39, 0.29) is 17.2 Å².